The highest BCUT2D eigenvalue weighted by molar-refractivity contribution is 5.36. The lowest BCUT2D eigenvalue weighted by Gasteiger charge is -2.23. The van der Waals surface area contributed by atoms with Gasteiger partial charge in [0.15, 0.2) is 0 Å². The van der Waals surface area contributed by atoms with Gasteiger partial charge in [0, 0.05) is 6.42 Å². The number of hydrogen-bond donors (Lipinski definition) is 2. The van der Waals surface area contributed by atoms with Crippen molar-refractivity contribution in [3.63, 3.8) is 0 Å². The fraction of sp³-hybridized carbons (Fsp3) is 0.294. The summed E-state index contributed by atoms with van der Waals surface area (Å²) in [6.45, 7) is 3.80. The molecule has 104 valence electrons. The van der Waals surface area contributed by atoms with E-state index in [4.69, 9.17) is 4.42 Å². The van der Waals surface area contributed by atoms with Crippen molar-refractivity contribution >= 4 is 0 Å². The molecule has 0 fully saturated rings. The minimum Gasteiger partial charge on any atom is -0.468 e. The van der Waals surface area contributed by atoms with E-state index in [0.717, 1.165) is 12.2 Å². The Kier molecular flexibility index (Phi) is 3.72. The van der Waals surface area contributed by atoms with Crippen molar-refractivity contribution in [2.45, 2.75) is 31.0 Å². The SMILES string of the molecule is C=CC[C@H](N[C@@H]1c2ccccc2C[C@@H]1O)c1ccco1. The summed E-state index contributed by atoms with van der Waals surface area (Å²) in [4.78, 5) is 0. The molecule has 0 aliphatic heterocycles. The van der Waals surface area contributed by atoms with Crippen molar-refractivity contribution in [3.05, 3.63) is 72.2 Å². The summed E-state index contributed by atoms with van der Waals surface area (Å²) in [5.41, 5.74) is 2.40. The van der Waals surface area contributed by atoms with E-state index in [-0.39, 0.29) is 12.1 Å². The highest BCUT2D eigenvalue weighted by Gasteiger charge is 2.32. The molecule has 1 aliphatic rings. The predicted octanol–water partition coefficient (Wildman–Crippen LogP) is 3.14. The first-order valence-corrected chi connectivity index (χ1v) is 6.96. The Bertz CT molecular complexity index is 576. The third-order valence-corrected chi connectivity index (χ3v) is 3.87. The molecular weight excluding hydrogens is 250 g/mol. The second kappa shape index (κ2) is 5.65. The fourth-order valence-electron chi connectivity index (χ4n) is 2.91. The van der Waals surface area contributed by atoms with E-state index in [2.05, 4.69) is 24.0 Å². The number of aliphatic hydroxyl groups excluding tert-OH is 1. The molecule has 20 heavy (non-hydrogen) atoms. The Morgan fingerprint density at radius 1 is 1.35 bits per heavy atom. The lowest BCUT2D eigenvalue weighted by molar-refractivity contribution is 0.132. The van der Waals surface area contributed by atoms with Crippen molar-refractivity contribution in [2.24, 2.45) is 0 Å². The van der Waals surface area contributed by atoms with Crippen LogP contribution >= 0.6 is 0 Å². The maximum absolute atomic E-state index is 10.3. The summed E-state index contributed by atoms with van der Waals surface area (Å²) in [5.74, 6) is 0.876. The largest absolute Gasteiger partial charge is 0.468 e. The van der Waals surface area contributed by atoms with Crippen LogP contribution in [0.25, 0.3) is 0 Å². The lowest BCUT2D eigenvalue weighted by Crippen LogP contribution is -2.31. The average Bonchev–Trinajstić information content (AvgIpc) is 3.07. The number of nitrogens with one attached hydrogen (secondary N) is 1. The first kappa shape index (κ1) is 13.2. The van der Waals surface area contributed by atoms with Crippen LogP contribution in [-0.2, 0) is 6.42 Å². The van der Waals surface area contributed by atoms with E-state index in [0.29, 0.717) is 6.42 Å². The Morgan fingerprint density at radius 3 is 2.95 bits per heavy atom. The molecule has 1 aromatic carbocycles. The third-order valence-electron chi connectivity index (χ3n) is 3.87. The van der Waals surface area contributed by atoms with E-state index < -0.39 is 6.10 Å². The smallest absolute Gasteiger partial charge is 0.121 e. The van der Waals surface area contributed by atoms with Gasteiger partial charge in [0.05, 0.1) is 24.5 Å². The number of benzene rings is 1. The van der Waals surface area contributed by atoms with Gasteiger partial charge >= 0.3 is 0 Å². The number of aliphatic hydroxyl groups is 1. The van der Waals surface area contributed by atoms with Crippen LogP contribution in [0.5, 0.6) is 0 Å². The summed E-state index contributed by atoms with van der Waals surface area (Å²) in [6.07, 6.45) is 4.61. The first-order chi connectivity index (χ1) is 9.79. The van der Waals surface area contributed by atoms with Crippen LogP contribution in [0.4, 0.5) is 0 Å². The van der Waals surface area contributed by atoms with Gasteiger partial charge in [-0.3, -0.25) is 5.32 Å². The molecule has 0 spiro atoms. The van der Waals surface area contributed by atoms with Gasteiger partial charge in [-0.1, -0.05) is 30.3 Å². The maximum atomic E-state index is 10.3. The van der Waals surface area contributed by atoms with Crippen LogP contribution in [0.1, 0.15) is 35.4 Å². The Morgan fingerprint density at radius 2 is 2.20 bits per heavy atom. The number of rotatable bonds is 5. The van der Waals surface area contributed by atoms with Crippen molar-refractivity contribution in [2.75, 3.05) is 0 Å². The average molecular weight is 269 g/mol. The second-order valence-corrected chi connectivity index (χ2v) is 5.21. The van der Waals surface area contributed by atoms with Crippen LogP contribution < -0.4 is 5.32 Å². The lowest BCUT2D eigenvalue weighted by atomic mass is 10.0. The van der Waals surface area contributed by atoms with Crippen LogP contribution in [0, 0.1) is 0 Å². The second-order valence-electron chi connectivity index (χ2n) is 5.21. The molecule has 0 amide bonds. The molecule has 3 rings (SSSR count). The van der Waals surface area contributed by atoms with Gasteiger partial charge in [0.1, 0.15) is 5.76 Å². The van der Waals surface area contributed by atoms with Gasteiger partial charge in [-0.05, 0) is 29.7 Å². The molecule has 2 aromatic rings. The number of fused-ring (bicyclic) bond motifs is 1. The van der Waals surface area contributed by atoms with E-state index in [1.54, 1.807) is 6.26 Å². The van der Waals surface area contributed by atoms with E-state index >= 15 is 0 Å². The quantitative estimate of drug-likeness (QED) is 0.820. The Hall–Kier alpha value is -1.84. The minimum absolute atomic E-state index is 0.0355. The van der Waals surface area contributed by atoms with Gasteiger partial charge < -0.3 is 9.52 Å². The summed E-state index contributed by atoms with van der Waals surface area (Å²) < 4.78 is 5.49. The summed E-state index contributed by atoms with van der Waals surface area (Å²) in [5, 5.41) is 13.8. The molecule has 0 unspecified atom stereocenters. The predicted molar refractivity (Wildman–Crippen MR) is 78.3 cm³/mol. The molecule has 3 nitrogen and oxygen atoms in total. The molecule has 1 aromatic heterocycles. The standard InChI is InChI=1S/C17H19NO2/c1-2-6-14(16-9-5-10-20-16)18-17-13-8-4-3-7-12(13)11-15(17)19/h2-5,7-10,14-15,17-19H,1,6,11H2/t14-,15-,17+/m0/s1. The molecule has 0 bridgehead atoms. The number of furan rings is 1. The zero-order chi connectivity index (χ0) is 13.9. The van der Waals surface area contributed by atoms with Gasteiger partial charge in [-0.25, -0.2) is 0 Å². The van der Waals surface area contributed by atoms with E-state index in [1.165, 1.54) is 11.1 Å². The van der Waals surface area contributed by atoms with E-state index in [9.17, 15) is 5.11 Å². The van der Waals surface area contributed by atoms with Crippen molar-refractivity contribution in [1.29, 1.82) is 0 Å². The Labute approximate surface area is 118 Å². The Balaban J connectivity index is 1.84. The molecule has 2 N–H and O–H groups in total. The van der Waals surface area contributed by atoms with Crippen LogP contribution in [0.15, 0.2) is 59.7 Å². The zero-order valence-electron chi connectivity index (χ0n) is 11.3. The van der Waals surface area contributed by atoms with Crippen molar-refractivity contribution in [1.82, 2.24) is 5.32 Å². The molecule has 0 radical (unpaired) electrons. The zero-order valence-corrected chi connectivity index (χ0v) is 11.3. The van der Waals surface area contributed by atoms with Crippen LogP contribution in [0.3, 0.4) is 0 Å². The molecule has 3 heteroatoms. The summed E-state index contributed by atoms with van der Waals surface area (Å²) >= 11 is 0. The monoisotopic (exact) mass is 269 g/mol. The summed E-state index contributed by atoms with van der Waals surface area (Å²) in [6, 6.07) is 12.0. The molecule has 1 aliphatic carbocycles. The molecular formula is C17H19NO2. The molecule has 1 heterocycles. The molecule has 0 saturated heterocycles. The highest BCUT2D eigenvalue weighted by atomic mass is 16.3. The summed E-state index contributed by atoms with van der Waals surface area (Å²) in [7, 11) is 0. The third kappa shape index (κ3) is 2.42. The minimum atomic E-state index is -0.394. The van der Waals surface area contributed by atoms with E-state index in [1.807, 2.05) is 30.3 Å². The van der Waals surface area contributed by atoms with Gasteiger partial charge in [-0.15, -0.1) is 6.58 Å². The molecule has 3 atom stereocenters. The van der Waals surface area contributed by atoms with Crippen LogP contribution in [0.2, 0.25) is 0 Å². The van der Waals surface area contributed by atoms with Crippen LogP contribution in [-0.4, -0.2) is 11.2 Å². The number of hydrogen-bond acceptors (Lipinski definition) is 3. The normalized spacial score (nSPS) is 22.4. The first-order valence-electron chi connectivity index (χ1n) is 6.96. The van der Waals surface area contributed by atoms with Gasteiger partial charge in [0.25, 0.3) is 0 Å². The highest BCUT2D eigenvalue weighted by Crippen LogP contribution is 2.34. The topological polar surface area (TPSA) is 45.4 Å². The van der Waals surface area contributed by atoms with Crippen molar-refractivity contribution < 1.29 is 9.52 Å². The maximum Gasteiger partial charge on any atom is 0.121 e. The molecule has 0 saturated carbocycles. The van der Waals surface area contributed by atoms with Crippen molar-refractivity contribution in [3.8, 4) is 0 Å². The fourth-order valence-corrected chi connectivity index (χ4v) is 2.91. The van der Waals surface area contributed by atoms with Gasteiger partial charge in [-0.2, -0.15) is 0 Å². The van der Waals surface area contributed by atoms with Gasteiger partial charge in [0.2, 0.25) is 0 Å².